The van der Waals surface area contributed by atoms with Gasteiger partial charge in [0.15, 0.2) is 5.16 Å². The van der Waals surface area contributed by atoms with Crippen LogP contribution in [0.3, 0.4) is 0 Å². The lowest BCUT2D eigenvalue weighted by atomic mass is 10.2. The Kier molecular flexibility index (Phi) is 5.13. The van der Waals surface area contributed by atoms with E-state index in [9.17, 15) is 9.59 Å². The van der Waals surface area contributed by atoms with E-state index in [1.807, 2.05) is 30.3 Å². The molecule has 1 N–H and O–H groups in total. The number of nitrogens with zero attached hydrogens (tertiary/aromatic N) is 4. The van der Waals surface area contributed by atoms with Gasteiger partial charge < -0.3 is 4.98 Å². The van der Waals surface area contributed by atoms with Crippen LogP contribution in [-0.4, -0.2) is 24.5 Å². The van der Waals surface area contributed by atoms with Gasteiger partial charge in [0.2, 0.25) is 0 Å². The zero-order chi connectivity index (χ0) is 21.4. The van der Waals surface area contributed by atoms with Crippen molar-refractivity contribution in [1.82, 2.24) is 24.5 Å². The second-order valence-electron chi connectivity index (χ2n) is 6.73. The van der Waals surface area contributed by atoms with Gasteiger partial charge in [-0.25, -0.2) is 9.97 Å². The third-order valence-electron chi connectivity index (χ3n) is 4.70. The number of pyridine rings is 1. The first-order valence-corrected chi connectivity index (χ1v) is 11.1. The zero-order valence-electron chi connectivity index (χ0n) is 15.9. The van der Waals surface area contributed by atoms with Crippen LogP contribution in [-0.2, 0) is 5.75 Å². The van der Waals surface area contributed by atoms with Crippen LogP contribution in [0.4, 0.5) is 0 Å². The molecule has 0 saturated heterocycles. The highest BCUT2D eigenvalue weighted by Gasteiger charge is 2.14. The summed E-state index contributed by atoms with van der Waals surface area (Å²) in [6.45, 7) is 0. The van der Waals surface area contributed by atoms with E-state index in [0.29, 0.717) is 44.2 Å². The van der Waals surface area contributed by atoms with E-state index in [1.54, 1.807) is 36.7 Å². The molecule has 0 atom stereocenters. The quantitative estimate of drug-likeness (QED) is 0.300. The smallest absolute Gasteiger partial charge is 0.266 e. The van der Waals surface area contributed by atoms with Gasteiger partial charge in [-0.15, -0.1) is 0 Å². The molecule has 152 valence electrons. The fourth-order valence-electron chi connectivity index (χ4n) is 3.28. The molecule has 9 heteroatoms. The second kappa shape index (κ2) is 8.09. The van der Waals surface area contributed by atoms with Gasteiger partial charge in [-0.2, -0.15) is 0 Å². The van der Waals surface area contributed by atoms with Gasteiger partial charge in [-0.1, -0.05) is 39.8 Å². The normalized spacial score (nSPS) is 11.3. The molecule has 0 spiro atoms. The molecular weight excluding hydrogens is 478 g/mol. The molecular formula is C22H14BrN5O2S. The number of para-hydroxylation sites is 1. The third kappa shape index (κ3) is 3.77. The minimum atomic E-state index is -0.210. The number of thioether (sulfide) groups is 1. The number of aromatic amines is 1. The highest BCUT2D eigenvalue weighted by Crippen LogP contribution is 2.24. The predicted octanol–water partition coefficient (Wildman–Crippen LogP) is 4.07. The van der Waals surface area contributed by atoms with Gasteiger partial charge in [0.05, 0.1) is 39.4 Å². The van der Waals surface area contributed by atoms with E-state index in [4.69, 9.17) is 4.98 Å². The summed E-state index contributed by atoms with van der Waals surface area (Å²) < 4.78 is 2.35. The van der Waals surface area contributed by atoms with Crippen molar-refractivity contribution in [3.05, 3.63) is 98.0 Å². The van der Waals surface area contributed by atoms with Crippen LogP contribution in [0, 0.1) is 0 Å². The SMILES string of the molecule is O=c1[nH]c(CSc2nc3ccccc3c(=O)n2-c2cccnc2)nc2ccc(Br)cc12. The molecule has 0 fully saturated rings. The summed E-state index contributed by atoms with van der Waals surface area (Å²) in [5, 5.41) is 1.54. The molecule has 0 amide bonds. The number of fused-ring (bicyclic) bond motifs is 2. The first-order valence-electron chi connectivity index (χ1n) is 9.33. The number of hydrogen-bond donors (Lipinski definition) is 1. The lowest BCUT2D eigenvalue weighted by molar-refractivity contribution is 0.814. The summed E-state index contributed by atoms with van der Waals surface area (Å²) in [6.07, 6.45) is 3.27. The Bertz CT molecular complexity index is 1550. The van der Waals surface area contributed by atoms with Gasteiger partial charge in [-0.3, -0.25) is 19.1 Å². The molecule has 5 aromatic rings. The average Bonchev–Trinajstić information content (AvgIpc) is 2.79. The first-order chi connectivity index (χ1) is 15.1. The molecule has 0 aliphatic carbocycles. The molecule has 7 nitrogen and oxygen atoms in total. The Hall–Kier alpha value is -3.30. The monoisotopic (exact) mass is 491 g/mol. The van der Waals surface area contributed by atoms with Crippen molar-refractivity contribution in [2.24, 2.45) is 0 Å². The fraction of sp³-hybridized carbons (Fsp3) is 0.0455. The highest BCUT2D eigenvalue weighted by atomic mass is 79.9. The largest absolute Gasteiger partial charge is 0.309 e. The summed E-state index contributed by atoms with van der Waals surface area (Å²) in [4.78, 5) is 41.9. The van der Waals surface area contributed by atoms with Gasteiger partial charge in [0.1, 0.15) is 5.82 Å². The minimum Gasteiger partial charge on any atom is -0.309 e. The predicted molar refractivity (Wildman–Crippen MR) is 125 cm³/mol. The number of aromatic nitrogens is 5. The van der Waals surface area contributed by atoms with Gasteiger partial charge in [-0.05, 0) is 42.5 Å². The average molecular weight is 492 g/mol. The van der Waals surface area contributed by atoms with Crippen molar-refractivity contribution < 1.29 is 0 Å². The van der Waals surface area contributed by atoms with Crippen molar-refractivity contribution in [3.8, 4) is 5.69 Å². The van der Waals surface area contributed by atoms with Crippen LogP contribution in [0.5, 0.6) is 0 Å². The fourth-order valence-corrected chi connectivity index (χ4v) is 4.53. The van der Waals surface area contributed by atoms with E-state index in [2.05, 4.69) is 30.9 Å². The molecule has 31 heavy (non-hydrogen) atoms. The Morgan fingerprint density at radius 1 is 0.968 bits per heavy atom. The Morgan fingerprint density at radius 2 is 1.81 bits per heavy atom. The molecule has 3 aromatic heterocycles. The van der Waals surface area contributed by atoms with Crippen LogP contribution < -0.4 is 11.1 Å². The van der Waals surface area contributed by atoms with E-state index >= 15 is 0 Å². The molecule has 0 radical (unpaired) electrons. The van der Waals surface area contributed by atoms with Gasteiger partial charge in [0, 0.05) is 10.7 Å². The number of H-pyrrole nitrogens is 1. The highest BCUT2D eigenvalue weighted by molar-refractivity contribution is 9.10. The second-order valence-corrected chi connectivity index (χ2v) is 8.58. The van der Waals surface area contributed by atoms with E-state index in [1.165, 1.54) is 16.3 Å². The number of nitrogens with one attached hydrogen (secondary N) is 1. The molecule has 0 aliphatic heterocycles. The summed E-state index contributed by atoms with van der Waals surface area (Å²) >= 11 is 4.70. The maximum absolute atomic E-state index is 13.2. The maximum Gasteiger partial charge on any atom is 0.266 e. The van der Waals surface area contributed by atoms with Gasteiger partial charge in [0.25, 0.3) is 11.1 Å². The molecule has 0 unspecified atom stereocenters. The maximum atomic E-state index is 13.2. The van der Waals surface area contributed by atoms with Crippen LogP contribution in [0.2, 0.25) is 0 Å². The number of rotatable bonds is 4. The van der Waals surface area contributed by atoms with Crippen LogP contribution >= 0.6 is 27.7 Å². The summed E-state index contributed by atoms with van der Waals surface area (Å²) in [7, 11) is 0. The molecule has 0 saturated carbocycles. The lowest BCUT2D eigenvalue weighted by Gasteiger charge is -2.12. The van der Waals surface area contributed by atoms with E-state index < -0.39 is 0 Å². The van der Waals surface area contributed by atoms with Gasteiger partial charge >= 0.3 is 0 Å². The van der Waals surface area contributed by atoms with E-state index in [-0.39, 0.29) is 11.1 Å². The standard InChI is InChI=1S/C22H14BrN5O2S/c23-13-7-8-18-16(10-13)20(29)27-19(25-18)12-31-22-26-17-6-2-1-5-15(17)21(30)28(22)14-4-3-9-24-11-14/h1-11H,12H2,(H,25,27,29). The van der Waals surface area contributed by atoms with Crippen LogP contribution in [0.1, 0.15) is 5.82 Å². The summed E-state index contributed by atoms with van der Waals surface area (Å²) in [5.41, 5.74) is 1.46. The van der Waals surface area contributed by atoms with Crippen molar-refractivity contribution in [1.29, 1.82) is 0 Å². The van der Waals surface area contributed by atoms with Crippen molar-refractivity contribution in [2.45, 2.75) is 10.9 Å². The van der Waals surface area contributed by atoms with Crippen LogP contribution in [0.25, 0.3) is 27.5 Å². The van der Waals surface area contributed by atoms with Crippen molar-refractivity contribution in [3.63, 3.8) is 0 Å². The summed E-state index contributed by atoms with van der Waals surface area (Å²) in [6, 6.07) is 16.2. The number of hydrogen-bond acceptors (Lipinski definition) is 6. The molecule has 0 bridgehead atoms. The van der Waals surface area contributed by atoms with E-state index in [0.717, 1.165) is 4.47 Å². The molecule has 0 aliphatic rings. The van der Waals surface area contributed by atoms with Crippen LogP contribution in [0.15, 0.2) is 86.2 Å². The molecule has 2 aromatic carbocycles. The topological polar surface area (TPSA) is 93.5 Å². The molecule has 5 rings (SSSR count). The molecule has 3 heterocycles. The Morgan fingerprint density at radius 3 is 2.65 bits per heavy atom. The lowest BCUT2D eigenvalue weighted by Crippen LogP contribution is -2.22. The van der Waals surface area contributed by atoms with Crippen molar-refractivity contribution >= 4 is 49.5 Å². The first kappa shape index (κ1) is 19.7. The zero-order valence-corrected chi connectivity index (χ0v) is 18.4. The Labute approximate surface area is 188 Å². The number of halogens is 1. The third-order valence-corrected chi connectivity index (χ3v) is 6.15. The van der Waals surface area contributed by atoms with Crippen molar-refractivity contribution in [2.75, 3.05) is 0 Å². The minimum absolute atomic E-state index is 0.175. The number of benzene rings is 2. The summed E-state index contributed by atoms with van der Waals surface area (Å²) in [5.74, 6) is 0.844. The Balaban J connectivity index is 1.59.